The average molecular weight is 404 g/mol. The fraction of sp³-hybridized carbons (Fsp3) is 0.136. The van der Waals surface area contributed by atoms with E-state index in [2.05, 4.69) is 10.1 Å². The first-order chi connectivity index (χ1) is 14.1. The lowest BCUT2D eigenvalue weighted by Crippen LogP contribution is -2.31. The maximum atomic E-state index is 5.85. The van der Waals surface area contributed by atoms with Crippen LogP contribution in [0.2, 0.25) is 0 Å². The van der Waals surface area contributed by atoms with Gasteiger partial charge in [-0.05, 0) is 71.9 Å². The van der Waals surface area contributed by atoms with Crippen molar-refractivity contribution < 1.29 is 9.15 Å². The topological polar surface area (TPSA) is 76.4 Å². The van der Waals surface area contributed by atoms with Crippen LogP contribution in [-0.2, 0) is 0 Å². The summed E-state index contributed by atoms with van der Waals surface area (Å²) in [5, 5.41) is 6.47. The lowest BCUT2D eigenvalue weighted by molar-refractivity contribution is 0.316. The van der Waals surface area contributed by atoms with Crippen molar-refractivity contribution in [3.63, 3.8) is 0 Å². The predicted molar refractivity (Wildman–Crippen MR) is 118 cm³/mol. The van der Waals surface area contributed by atoms with Gasteiger partial charge in [0.25, 0.3) is 0 Å². The molecule has 1 atom stereocenters. The fourth-order valence-corrected chi connectivity index (χ4v) is 3.34. The summed E-state index contributed by atoms with van der Waals surface area (Å²) in [6.45, 7) is 0. The fourth-order valence-electron chi connectivity index (χ4n) is 3.17. The van der Waals surface area contributed by atoms with Gasteiger partial charge in [0.1, 0.15) is 17.6 Å². The van der Waals surface area contributed by atoms with Crippen LogP contribution in [-0.4, -0.2) is 29.2 Å². The quantitative estimate of drug-likeness (QED) is 0.503. The largest absolute Gasteiger partial charge is 0.497 e. The van der Waals surface area contributed by atoms with Gasteiger partial charge in [0.15, 0.2) is 5.11 Å². The van der Waals surface area contributed by atoms with Gasteiger partial charge in [0.05, 0.1) is 24.8 Å². The number of hydrogen-bond acceptors (Lipinski definition) is 5. The van der Waals surface area contributed by atoms with E-state index in [1.807, 2.05) is 66.9 Å². The van der Waals surface area contributed by atoms with Crippen LogP contribution < -0.4 is 10.5 Å². The number of nitrogens with two attached hydrogens (primary N) is 1. The van der Waals surface area contributed by atoms with Gasteiger partial charge >= 0.3 is 0 Å². The molecule has 2 heterocycles. The second-order valence-corrected chi connectivity index (χ2v) is 6.96. The number of furan rings is 1. The molecule has 0 spiro atoms. The Hall–Kier alpha value is -3.45. The van der Waals surface area contributed by atoms with E-state index in [1.165, 1.54) is 0 Å². The second kappa shape index (κ2) is 8.28. The highest BCUT2D eigenvalue weighted by Crippen LogP contribution is 2.33. The normalized spacial score (nSPS) is 16.2. The van der Waals surface area contributed by atoms with Crippen molar-refractivity contribution in [2.45, 2.75) is 12.5 Å². The number of hydrogen-bond donors (Lipinski definition) is 1. The Labute approximate surface area is 174 Å². The molecular weight excluding hydrogens is 384 g/mol. The van der Waals surface area contributed by atoms with Crippen LogP contribution in [0.1, 0.15) is 29.3 Å². The molecule has 1 aromatic heterocycles. The van der Waals surface area contributed by atoms with Crippen LogP contribution in [0, 0.1) is 0 Å². The molecule has 2 aromatic carbocycles. The Morgan fingerprint density at radius 3 is 2.59 bits per heavy atom. The van der Waals surface area contributed by atoms with Crippen molar-refractivity contribution in [3.8, 4) is 5.75 Å². The van der Waals surface area contributed by atoms with E-state index >= 15 is 0 Å². The molecule has 0 bridgehead atoms. The van der Waals surface area contributed by atoms with E-state index < -0.39 is 0 Å². The van der Waals surface area contributed by atoms with Crippen LogP contribution in [0.4, 0.5) is 5.69 Å². The molecule has 0 aliphatic carbocycles. The highest BCUT2D eigenvalue weighted by atomic mass is 32.1. The van der Waals surface area contributed by atoms with Crippen LogP contribution in [0.25, 0.3) is 0 Å². The number of rotatable bonds is 5. The summed E-state index contributed by atoms with van der Waals surface area (Å²) in [5.74, 6) is 1.61. The van der Waals surface area contributed by atoms with E-state index in [4.69, 9.17) is 27.1 Å². The van der Waals surface area contributed by atoms with Crippen molar-refractivity contribution in [1.29, 1.82) is 0 Å². The molecule has 4 rings (SSSR count). The Balaban J connectivity index is 1.49. The van der Waals surface area contributed by atoms with Gasteiger partial charge in [-0.3, -0.25) is 4.99 Å². The van der Waals surface area contributed by atoms with Gasteiger partial charge in [-0.25, -0.2) is 5.01 Å². The standard InChI is InChI=1S/C22H20N4O2S/c1-27-18-10-4-15(5-11-18)14-24-17-8-6-16(7-9-17)19-13-20(21-3-2-12-28-21)26(25-19)22(23)29/h2-12,14,20H,13H2,1H3,(H2,23,29). The number of thiocarbonyl (C=S) groups is 1. The molecule has 1 aliphatic rings. The third kappa shape index (κ3) is 4.20. The average Bonchev–Trinajstić information content (AvgIpc) is 3.43. The zero-order valence-electron chi connectivity index (χ0n) is 15.9. The number of nitrogens with zero attached hydrogens (tertiary/aromatic N) is 3. The molecule has 0 fully saturated rings. The number of benzene rings is 2. The highest BCUT2D eigenvalue weighted by molar-refractivity contribution is 7.80. The second-order valence-electron chi connectivity index (χ2n) is 6.54. The van der Waals surface area contributed by atoms with Crippen LogP contribution in [0.15, 0.2) is 81.4 Å². The molecule has 3 aromatic rings. The summed E-state index contributed by atoms with van der Waals surface area (Å²) in [6.07, 6.45) is 4.13. The predicted octanol–water partition coefficient (Wildman–Crippen LogP) is 4.43. The minimum Gasteiger partial charge on any atom is -0.497 e. The molecule has 29 heavy (non-hydrogen) atoms. The van der Waals surface area contributed by atoms with Crippen molar-refractivity contribution in [2.75, 3.05) is 7.11 Å². The van der Waals surface area contributed by atoms with Crippen LogP contribution in [0.3, 0.4) is 0 Å². The third-order valence-electron chi connectivity index (χ3n) is 4.69. The van der Waals surface area contributed by atoms with Gasteiger partial charge in [-0.2, -0.15) is 5.10 Å². The van der Waals surface area contributed by atoms with E-state index in [-0.39, 0.29) is 11.2 Å². The molecule has 0 saturated carbocycles. The summed E-state index contributed by atoms with van der Waals surface area (Å²) in [5.41, 5.74) is 9.63. The van der Waals surface area contributed by atoms with E-state index in [1.54, 1.807) is 18.4 Å². The Kier molecular flexibility index (Phi) is 5.39. The van der Waals surface area contributed by atoms with Gasteiger partial charge < -0.3 is 14.9 Å². The van der Waals surface area contributed by atoms with E-state index in [9.17, 15) is 0 Å². The molecule has 7 heteroatoms. The van der Waals surface area contributed by atoms with Crippen LogP contribution in [0.5, 0.6) is 5.75 Å². The van der Waals surface area contributed by atoms with E-state index in [0.29, 0.717) is 6.42 Å². The monoisotopic (exact) mass is 404 g/mol. The van der Waals surface area contributed by atoms with Crippen LogP contribution >= 0.6 is 12.2 Å². The number of aliphatic imine (C=N–C) groups is 1. The molecule has 1 aliphatic heterocycles. The SMILES string of the molecule is COc1ccc(C=Nc2ccc(C3=NN(C(N)=S)C(c4ccco4)C3)cc2)cc1. The van der Waals surface area contributed by atoms with Crippen molar-refractivity contribution in [2.24, 2.45) is 15.8 Å². The zero-order chi connectivity index (χ0) is 20.2. The zero-order valence-corrected chi connectivity index (χ0v) is 16.7. The maximum Gasteiger partial charge on any atom is 0.187 e. The lowest BCUT2D eigenvalue weighted by atomic mass is 10.0. The van der Waals surface area contributed by atoms with Crippen molar-refractivity contribution in [1.82, 2.24) is 5.01 Å². The first kappa shape index (κ1) is 18.9. The molecule has 0 saturated heterocycles. The van der Waals surface area contributed by atoms with Gasteiger partial charge in [0, 0.05) is 12.6 Å². The number of ether oxygens (including phenoxy) is 1. The first-order valence-electron chi connectivity index (χ1n) is 9.12. The Bertz CT molecular complexity index is 1040. The molecule has 0 radical (unpaired) electrons. The Morgan fingerprint density at radius 1 is 1.21 bits per heavy atom. The minimum atomic E-state index is -0.120. The third-order valence-corrected chi connectivity index (χ3v) is 4.87. The minimum absolute atomic E-state index is 0.120. The summed E-state index contributed by atoms with van der Waals surface area (Å²) >= 11 is 5.15. The molecule has 1 unspecified atom stereocenters. The molecule has 6 nitrogen and oxygen atoms in total. The van der Waals surface area contributed by atoms with Crippen molar-refractivity contribution >= 4 is 34.9 Å². The summed E-state index contributed by atoms with van der Waals surface area (Å²) in [4.78, 5) is 4.53. The Morgan fingerprint density at radius 2 is 1.97 bits per heavy atom. The molecular formula is C22H20N4O2S. The number of methoxy groups -OCH3 is 1. The molecule has 146 valence electrons. The van der Waals surface area contributed by atoms with E-state index in [0.717, 1.165) is 34.0 Å². The summed E-state index contributed by atoms with van der Waals surface area (Å²) < 4.78 is 10.7. The van der Waals surface area contributed by atoms with Gasteiger partial charge in [-0.1, -0.05) is 12.1 Å². The lowest BCUT2D eigenvalue weighted by Gasteiger charge is -2.19. The molecule has 2 N–H and O–H groups in total. The van der Waals surface area contributed by atoms with Gasteiger partial charge in [-0.15, -0.1) is 0 Å². The molecule has 0 amide bonds. The summed E-state index contributed by atoms with van der Waals surface area (Å²) in [7, 11) is 1.65. The maximum absolute atomic E-state index is 5.85. The van der Waals surface area contributed by atoms with Crippen molar-refractivity contribution in [3.05, 3.63) is 83.8 Å². The highest BCUT2D eigenvalue weighted by Gasteiger charge is 2.32. The van der Waals surface area contributed by atoms with Gasteiger partial charge in [0.2, 0.25) is 0 Å². The number of hydrazone groups is 1. The smallest absolute Gasteiger partial charge is 0.187 e. The first-order valence-corrected chi connectivity index (χ1v) is 9.53. The summed E-state index contributed by atoms with van der Waals surface area (Å²) in [6, 6.07) is 19.3.